The van der Waals surface area contributed by atoms with Gasteiger partial charge in [-0.25, -0.2) is 0 Å². The van der Waals surface area contributed by atoms with Gasteiger partial charge in [-0.1, -0.05) is 18.2 Å². The second kappa shape index (κ2) is 6.83. The largest absolute Gasteiger partial charge is 0.361 e. The number of hydrogen-bond donors (Lipinski definition) is 3. The molecule has 0 saturated carbocycles. The van der Waals surface area contributed by atoms with Crippen LogP contribution < -0.4 is 10.6 Å². The van der Waals surface area contributed by atoms with Crippen molar-refractivity contribution in [1.82, 2.24) is 20.5 Å². The molecule has 2 amide bonds. The molecule has 1 aromatic carbocycles. The molecular weight excluding hydrogens is 292 g/mol. The number of aromatic nitrogens is 1. The Morgan fingerprint density at radius 3 is 3.04 bits per heavy atom. The third kappa shape index (κ3) is 3.53. The fourth-order valence-corrected chi connectivity index (χ4v) is 2.96. The second-order valence-electron chi connectivity index (χ2n) is 5.90. The van der Waals surface area contributed by atoms with Crippen molar-refractivity contribution >= 4 is 22.7 Å². The molecule has 3 N–H and O–H groups in total. The minimum Gasteiger partial charge on any atom is -0.361 e. The van der Waals surface area contributed by atoms with Gasteiger partial charge in [0.25, 0.3) is 0 Å². The van der Waals surface area contributed by atoms with Crippen LogP contribution in [0.5, 0.6) is 0 Å². The SMILES string of the molecule is CC(C(=O)NCCc1c[nH]c2ccccc12)N1CCNC(=O)C1. The Kier molecular flexibility index (Phi) is 4.62. The summed E-state index contributed by atoms with van der Waals surface area (Å²) in [6.45, 7) is 4.04. The lowest BCUT2D eigenvalue weighted by Crippen LogP contribution is -2.55. The Balaban J connectivity index is 1.51. The van der Waals surface area contributed by atoms with Crippen LogP contribution in [0.15, 0.2) is 30.5 Å². The molecule has 23 heavy (non-hydrogen) atoms. The van der Waals surface area contributed by atoms with Crippen LogP contribution in [0.2, 0.25) is 0 Å². The first-order valence-electron chi connectivity index (χ1n) is 7.98. The van der Waals surface area contributed by atoms with Crippen LogP contribution in [0, 0.1) is 0 Å². The second-order valence-corrected chi connectivity index (χ2v) is 5.90. The molecule has 2 aromatic rings. The average molecular weight is 314 g/mol. The van der Waals surface area contributed by atoms with E-state index in [-0.39, 0.29) is 24.4 Å². The van der Waals surface area contributed by atoms with Crippen molar-refractivity contribution < 1.29 is 9.59 Å². The van der Waals surface area contributed by atoms with Crippen molar-refractivity contribution in [3.63, 3.8) is 0 Å². The molecule has 1 saturated heterocycles. The topological polar surface area (TPSA) is 77.2 Å². The zero-order chi connectivity index (χ0) is 16.2. The van der Waals surface area contributed by atoms with E-state index in [9.17, 15) is 9.59 Å². The lowest BCUT2D eigenvalue weighted by molar-refractivity contribution is -0.130. The van der Waals surface area contributed by atoms with Gasteiger partial charge in [0.1, 0.15) is 0 Å². The number of amides is 2. The van der Waals surface area contributed by atoms with Gasteiger partial charge in [0.2, 0.25) is 11.8 Å². The molecule has 0 spiro atoms. The van der Waals surface area contributed by atoms with Gasteiger partial charge in [0.15, 0.2) is 0 Å². The maximum Gasteiger partial charge on any atom is 0.237 e. The molecule has 6 heteroatoms. The minimum atomic E-state index is -0.288. The first-order valence-corrected chi connectivity index (χ1v) is 7.98. The van der Waals surface area contributed by atoms with Gasteiger partial charge >= 0.3 is 0 Å². The molecule has 0 aliphatic carbocycles. The highest BCUT2D eigenvalue weighted by atomic mass is 16.2. The van der Waals surface area contributed by atoms with Crippen molar-refractivity contribution in [1.29, 1.82) is 0 Å². The Hall–Kier alpha value is -2.34. The predicted octanol–water partition coefficient (Wildman–Crippen LogP) is 0.647. The molecule has 122 valence electrons. The molecule has 0 bridgehead atoms. The Labute approximate surface area is 135 Å². The van der Waals surface area contributed by atoms with E-state index in [4.69, 9.17) is 0 Å². The van der Waals surface area contributed by atoms with Crippen LogP contribution in [0.1, 0.15) is 12.5 Å². The summed E-state index contributed by atoms with van der Waals surface area (Å²) in [4.78, 5) is 28.8. The summed E-state index contributed by atoms with van der Waals surface area (Å²) >= 11 is 0. The number of fused-ring (bicyclic) bond motifs is 1. The molecule has 2 heterocycles. The molecule has 1 unspecified atom stereocenters. The number of carbonyl (C=O) groups is 2. The molecule has 1 fully saturated rings. The van der Waals surface area contributed by atoms with E-state index < -0.39 is 0 Å². The number of para-hydroxylation sites is 1. The van der Waals surface area contributed by atoms with E-state index in [0.29, 0.717) is 19.6 Å². The van der Waals surface area contributed by atoms with Crippen LogP contribution in [0.4, 0.5) is 0 Å². The van der Waals surface area contributed by atoms with Gasteiger partial charge in [-0.2, -0.15) is 0 Å². The van der Waals surface area contributed by atoms with Crippen molar-refractivity contribution in [2.75, 3.05) is 26.2 Å². The first-order chi connectivity index (χ1) is 11.1. The van der Waals surface area contributed by atoms with Crippen LogP contribution in [-0.2, 0) is 16.0 Å². The smallest absolute Gasteiger partial charge is 0.237 e. The number of piperazine rings is 1. The average Bonchev–Trinajstić information content (AvgIpc) is 2.97. The van der Waals surface area contributed by atoms with Crippen LogP contribution >= 0.6 is 0 Å². The zero-order valence-electron chi connectivity index (χ0n) is 13.3. The number of H-pyrrole nitrogens is 1. The standard InChI is InChI=1S/C17H22N4O2/c1-12(21-9-8-18-16(22)11-21)17(23)19-7-6-13-10-20-15-5-3-2-4-14(13)15/h2-5,10,12,20H,6-9,11H2,1H3,(H,18,22)(H,19,23). The zero-order valence-corrected chi connectivity index (χ0v) is 13.3. The third-order valence-electron chi connectivity index (χ3n) is 4.36. The van der Waals surface area contributed by atoms with Crippen molar-refractivity contribution in [2.45, 2.75) is 19.4 Å². The minimum absolute atomic E-state index is 0.0188. The highest BCUT2D eigenvalue weighted by Gasteiger charge is 2.25. The number of hydrogen-bond acceptors (Lipinski definition) is 3. The fourth-order valence-electron chi connectivity index (χ4n) is 2.96. The number of nitrogens with zero attached hydrogens (tertiary/aromatic N) is 1. The fraction of sp³-hybridized carbons (Fsp3) is 0.412. The van der Waals surface area contributed by atoms with Gasteiger partial charge in [-0.3, -0.25) is 14.5 Å². The molecule has 1 atom stereocenters. The molecule has 1 aromatic heterocycles. The van der Waals surface area contributed by atoms with E-state index in [1.807, 2.05) is 36.2 Å². The van der Waals surface area contributed by atoms with Crippen LogP contribution in [0.3, 0.4) is 0 Å². The maximum atomic E-state index is 12.2. The van der Waals surface area contributed by atoms with E-state index in [1.54, 1.807) is 0 Å². The molecular formula is C17H22N4O2. The molecule has 0 radical (unpaired) electrons. The Morgan fingerprint density at radius 2 is 2.22 bits per heavy atom. The van der Waals surface area contributed by atoms with Crippen molar-refractivity contribution in [3.8, 4) is 0 Å². The van der Waals surface area contributed by atoms with Crippen LogP contribution in [-0.4, -0.2) is 53.9 Å². The van der Waals surface area contributed by atoms with Gasteiger partial charge < -0.3 is 15.6 Å². The first kappa shape index (κ1) is 15.6. The Bertz CT molecular complexity index is 709. The summed E-state index contributed by atoms with van der Waals surface area (Å²) in [5.74, 6) is -0.0470. The summed E-state index contributed by atoms with van der Waals surface area (Å²) in [6.07, 6.45) is 2.78. The lowest BCUT2D eigenvalue weighted by Gasteiger charge is -2.31. The maximum absolute atomic E-state index is 12.2. The normalized spacial score (nSPS) is 17.0. The summed E-state index contributed by atoms with van der Waals surface area (Å²) in [5.41, 5.74) is 2.31. The highest BCUT2D eigenvalue weighted by Crippen LogP contribution is 2.17. The van der Waals surface area contributed by atoms with Crippen LogP contribution in [0.25, 0.3) is 10.9 Å². The molecule has 1 aliphatic heterocycles. The summed E-state index contributed by atoms with van der Waals surface area (Å²) in [5, 5.41) is 6.94. The number of nitrogens with one attached hydrogen (secondary N) is 3. The van der Waals surface area contributed by atoms with Gasteiger partial charge in [-0.05, 0) is 25.0 Å². The summed E-state index contributed by atoms with van der Waals surface area (Å²) in [7, 11) is 0. The van der Waals surface area contributed by atoms with Crippen molar-refractivity contribution in [2.24, 2.45) is 0 Å². The number of benzene rings is 1. The van der Waals surface area contributed by atoms with E-state index in [0.717, 1.165) is 11.9 Å². The van der Waals surface area contributed by atoms with Gasteiger partial charge in [0, 0.05) is 36.7 Å². The highest BCUT2D eigenvalue weighted by molar-refractivity contribution is 5.84. The van der Waals surface area contributed by atoms with E-state index >= 15 is 0 Å². The molecule has 1 aliphatic rings. The predicted molar refractivity (Wildman–Crippen MR) is 89.1 cm³/mol. The van der Waals surface area contributed by atoms with Gasteiger partial charge in [0.05, 0.1) is 12.6 Å². The lowest BCUT2D eigenvalue weighted by atomic mass is 10.1. The summed E-state index contributed by atoms with van der Waals surface area (Å²) in [6, 6.07) is 7.85. The quantitative estimate of drug-likeness (QED) is 0.758. The monoisotopic (exact) mass is 314 g/mol. The van der Waals surface area contributed by atoms with Crippen molar-refractivity contribution in [3.05, 3.63) is 36.0 Å². The van der Waals surface area contributed by atoms with E-state index in [1.165, 1.54) is 10.9 Å². The molecule has 6 nitrogen and oxygen atoms in total. The third-order valence-corrected chi connectivity index (χ3v) is 4.36. The molecule has 3 rings (SSSR count). The van der Waals surface area contributed by atoms with E-state index in [2.05, 4.69) is 21.7 Å². The van der Waals surface area contributed by atoms with Gasteiger partial charge in [-0.15, -0.1) is 0 Å². The summed E-state index contributed by atoms with van der Waals surface area (Å²) < 4.78 is 0. The Morgan fingerprint density at radius 1 is 1.39 bits per heavy atom. The number of rotatable bonds is 5. The number of aromatic amines is 1. The number of carbonyl (C=O) groups excluding carboxylic acids is 2.